The van der Waals surface area contributed by atoms with E-state index in [4.69, 9.17) is 0 Å². The Morgan fingerprint density at radius 1 is 0.850 bits per heavy atom. The summed E-state index contributed by atoms with van der Waals surface area (Å²) in [4.78, 5) is 0. The molecule has 2 atom stereocenters. The third kappa shape index (κ3) is 3.09. The van der Waals surface area contributed by atoms with Gasteiger partial charge in [-0.2, -0.15) is 0 Å². The molecule has 106 valence electrons. The van der Waals surface area contributed by atoms with Crippen molar-refractivity contribution in [2.45, 2.75) is 32.0 Å². The average molecular weight is 270 g/mol. The fraction of sp³-hybridized carbons (Fsp3) is 0.333. The number of aliphatic hydroxyl groups is 2. The summed E-state index contributed by atoms with van der Waals surface area (Å²) in [6, 6.07) is 19.3. The zero-order valence-electron chi connectivity index (χ0n) is 12.0. The summed E-state index contributed by atoms with van der Waals surface area (Å²) in [7, 11) is 0. The van der Waals surface area contributed by atoms with Crippen molar-refractivity contribution >= 4 is 0 Å². The predicted octanol–water partition coefficient (Wildman–Crippen LogP) is 3.33. The van der Waals surface area contributed by atoms with Gasteiger partial charge in [-0.25, -0.2) is 0 Å². The molecule has 0 spiro atoms. The zero-order chi connectivity index (χ0) is 14.6. The Balaban J connectivity index is 2.44. The van der Waals surface area contributed by atoms with Gasteiger partial charge in [0.05, 0.1) is 6.10 Å². The van der Waals surface area contributed by atoms with Crippen molar-refractivity contribution in [3.8, 4) is 0 Å². The van der Waals surface area contributed by atoms with Crippen LogP contribution in [-0.2, 0) is 5.60 Å². The van der Waals surface area contributed by atoms with Crippen LogP contribution in [0.2, 0.25) is 0 Å². The molecule has 0 fully saturated rings. The van der Waals surface area contributed by atoms with Crippen molar-refractivity contribution in [3.63, 3.8) is 0 Å². The van der Waals surface area contributed by atoms with Crippen LogP contribution < -0.4 is 0 Å². The predicted molar refractivity (Wildman–Crippen MR) is 81.3 cm³/mol. The van der Waals surface area contributed by atoms with Crippen molar-refractivity contribution in [2.75, 3.05) is 0 Å². The van der Waals surface area contributed by atoms with Crippen LogP contribution in [0.25, 0.3) is 0 Å². The van der Waals surface area contributed by atoms with Gasteiger partial charge in [-0.1, -0.05) is 67.6 Å². The summed E-state index contributed by atoms with van der Waals surface area (Å²) in [6.07, 6.45) is 0.0348. The van der Waals surface area contributed by atoms with E-state index in [2.05, 4.69) is 0 Å². The van der Waals surface area contributed by atoms with E-state index in [9.17, 15) is 10.2 Å². The minimum Gasteiger partial charge on any atom is -0.393 e. The van der Waals surface area contributed by atoms with E-state index in [1.165, 1.54) is 0 Å². The molecule has 0 aliphatic rings. The molecule has 0 heterocycles. The fourth-order valence-corrected chi connectivity index (χ4v) is 2.47. The highest BCUT2D eigenvalue weighted by Crippen LogP contribution is 2.36. The first-order valence-corrected chi connectivity index (χ1v) is 7.05. The Morgan fingerprint density at radius 2 is 1.25 bits per heavy atom. The lowest BCUT2D eigenvalue weighted by Crippen LogP contribution is -2.32. The van der Waals surface area contributed by atoms with E-state index in [0.717, 1.165) is 11.1 Å². The lowest BCUT2D eigenvalue weighted by Gasteiger charge is -2.33. The Kier molecular flexibility index (Phi) is 4.58. The van der Waals surface area contributed by atoms with Gasteiger partial charge < -0.3 is 10.2 Å². The zero-order valence-corrected chi connectivity index (χ0v) is 12.0. The maximum atomic E-state index is 11.3. The third-order valence-electron chi connectivity index (χ3n) is 3.94. The van der Waals surface area contributed by atoms with Crippen molar-refractivity contribution < 1.29 is 10.2 Å². The van der Waals surface area contributed by atoms with E-state index < -0.39 is 11.7 Å². The van der Waals surface area contributed by atoms with Crippen LogP contribution in [0, 0.1) is 5.92 Å². The molecule has 0 aliphatic carbocycles. The minimum atomic E-state index is -1.07. The highest BCUT2D eigenvalue weighted by Gasteiger charge is 2.34. The van der Waals surface area contributed by atoms with Crippen LogP contribution in [0.15, 0.2) is 60.7 Å². The molecule has 0 aliphatic heterocycles. The summed E-state index contributed by atoms with van der Waals surface area (Å²) < 4.78 is 0. The summed E-state index contributed by atoms with van der Waals surface area (Å²) in [5, 5.41) is 21.0. The summed E-state index contributed by atoms with van der Waals surface area (Å²) in [6.45, 7) is 3.72. The van der Waals surface area contributed by atoms with Gasteiger partial charge in [0.25, 0.3) is 0 Å². The van der Waals surface area contributed by atoms with Crippen LogP contribution in [0.5, 0.6) is 0 Å². The lowest BCUT2D eigenvalue weighted by atomic mass is 9.78. The molecule has 2 N–H and O–H groups in total. The maximum Gasteiger partial charge on any atom is 0.115 e. The first-order chi connectivity index (χ1) is 9.54. The quantitative estimate of drug-likeness (QED) is 0.875. The smallest absolute Gasteiger partial charge is 0.115 e. The topological polar surface area (TPSA) is 40.5 Å². The second-order valence-corrected chi connectivity index (χ2v) is 5.51. The Bertz CT molecular complexity index is 480. The molecule has 2 aromatic rings. The highest BCUT2D eigenvalue weighted by atomic mass is 16.3. The fourth-order valence-electron chi connectivity index (χ4n) is 2.47. The van der Waals surface area contributed by atoms with Gasteiger partial charge in [-0.3, -0.25) is 0 Å². The molecule has 0 aromatic heterocycles. The molecule has 0 amide bonds. The SMILES string of the molecule is CC(O)C(C)CC(O)(c1ccccc1)c1ccccc1. The summed E-state index contributed by atoms with van der Waals surface area (Å²) >= 11 is 0. The maximum absolute atomic E-state index is 11.3. The highest BCUT2D eigenvalue weighted by molar-refractivity contribution is 5.35. The van der Waals surface area contributed by atoms with Crippen LogP contribution in [0.1, 0.15) is 31.4 Å². The van der Waals surface area contributed by atoms with Crippen LogP contribution in [-0.4, -0.2) is 16.3 Å². The Hall–Kier alpha value is -1.64. The largest absolute Gasteiger partial charge is 0.393 e. The lowest BCUT2D eigenvalue weighted by molar-refractivity contribution is 0.0236. The van der Waals surface area contributed by atoms with Gasteiger partial charge in [0.1, 0.15) is 5.60 Å². The Morgan fingerprint density at radius 3 is 1.60 bits per heavy atom. The molecular weight excluding hydrogens is 248 g/mol. The minimum absolute atomic E-state index is 0.000382. The monoisotopic (exact) mass is 270 g/mol. The third-order valence-corrected chi connectivity index (χ3v) is 3.94. The molecule has 0 saturated heterocycles. The van der Waals surface area contributed by atoms with Gasteiger partial charge in [-0.15, -0.1) is 0 Å². The number of hydrogen-bond donors (Lipinski definition) is 2. The number of hydrogen-bond acceptors (Lipinski definition) is 2. The van der Waals surface area contributed by atoms with Crippen LogP contribution in [0.3, 0.4) is 0 Å². The molecule has 20 heavy (non-hydrogen) atoms. The molecule has 2 rings (SSSR count). The standard InChI is InChI=1S/C18H22O2/c1-14(15(2)19)13-18(20,16-9-5-3-6-10-16)17-11-7-4-8-12-17/h3-12,14-15,19-20H,13H2,1-2H3. The molecule has 0 bridgehead atoms. The molecule has 2 aromatic carbocycles. The van der Waals surface area contributed by atoms with E-state index >= 15 is 0 Å². The normalized spacial score (nSPS) is 14.8. The average Bonchev–Trinajstić information content (AvgIpc) is 2.48. The van der Waals surface area contributed by atoms with E-state index in [-0.39, 0.29) is 5.92 Å². The van der Waals surface area contributed by atoms with E-state index in [1.54, 1.807) is 6.92 Å². The first-order valence-electron chi connectivity index (χ1n) is 7.05. The molecule has 2 unspecified atom stereocenters. The second kappa shape index (κ2) is 6.21. The summed E-state index contributed by atoms with van der Waals surface area (Å²) in [5.41, 5.74) is 0.649. The van der Waals surface area contributed by atoms with Gasteiger partial charge in [0.15, 0.2) is 0 Å². The molecule has 2 heteroatoms. The molecule has 0 saturated carbocycles. The van der Waals surface area contributed by atoms with Crippen LogP contribution in [0.4, 0.5) is 0 Å². The molecule has 0 radical (unpaired) electrons. The van der Waals surface area contributed by atoms with E-state index in [0.29, 0.717) is 6.42 Å². The molecular formula is C18H22O2. The van der Waals surface area contributed by atoms with Crippen LogP contribution >= 0.6 is 0 Å². The van der Waals surface area contributed by atoms with Crippen molar-refractivity contribution in [2.24, 2.45) is 5.92 Å². The summed E-state index contributed by atoms with van der Waals surface area (Å²) in [5.74, 6) is 0.000382. The number of aliphatic hydroxyl groups excluding tert-OH is 1. The van der Waals surface area contributed by atoms with Crippen molar-refractivity contribution in [1.82, 2.24) is 0 Å². The van der Waals surface area contributed by atoms with Gasteiger partial charge in [0, 0.05) is 0 Å². The second-order valence-electron chi connectivity index (χ2n) is 5.51. The van der Waals surface area contributed by atoms with Crippen molar-refractivity contribution in [3.05, 3.63) is 71.8 Å². The molecule has 2 nitrogen and oxygen atoms in total. The van der Waals surface area contributed by atoms with Gasteiger partial charge in [-0.05, 0) is 30.4 Å². The number of rotatable bonds is 5. The Labute approximate surface area is 120 Å². The van der Waals surface area contributed by atoms with Gasteiger partial charge >= 0.3 is 0 Å². The van der Waals surface area contributed by atoms with E-state index in [1.807, 2.05) is 67.6 Å². The van der Waals surface area contributed by atoms with Gasteiger partial charge in [0.2, 0.25) is 0 Å². The number of benzene rings is 2. The first kappa shape index (κ1) is 14.8. The van der Waals surface area contributed by atoms with Crippen molar-refractivity contribution in [1.29, 1.82) is 0 Å².